The Morgan fingerprint density at radius 3 is 1.66 bits per heavy atom. The molecule has 2 rings (SSSR count). The number of rotatable bonds is 45. The number of likely N-dealkylation sites (tertiary alicyclic amines) is 1. The molecule has 7 amide bonds. The highest BCUT2D eigenvalue weighted by Gasteiger charge is 2.44. The Hall–Kier alpha value is -6.31. The standard InChI is InChI=1S/C62H101N7O19/c1-13-44(6)57(49(80-10)41-53(73)69-27-17-20-48(69)58(81-11)45(7)59(76)65-47(62(79)82-12)40-46-18-15-14-16-19-46)68(9)61(78)55(42(2)3)66-60(77)56(43(4)5)67(8)52(72)23-28-83-32-36-87-38-34-85-30-25-63-50(70)21-22-51(71)64-26-31-86-35-39-88-37-33-84-29-24-54(74)75/h14-16,18-19,42-45,47-49,55-58H,13,17,20,23-41H2,1-12H3,(H,63,70)(H,64,71)(H,65,76)(H,66,77)(H,74,75)/t44-,45+,47-,48-,49+,55-,56-,57-,58+/m0/s1. The van der Waals surface area contributed by atoms with Crippen molar-refractivity contribution in [1.29, 1.82) is 0 Å². The molecule has 1 saturated heterocycles. The van der Waals surface area contributed by atoms with Gasteiger partial charge in [0.15, 0.2) is 0 Å². The lowest BCUT2D eigenvalue weighted by Crippen LogP contribution is -2.60. The maximum absolute atomic E-state index is 14.7. The third-order valence-electron chi connectivity index (χ3n) is 15.0. The van der Waals surface area contributed by atoms with Gasteiger partial charge in [0, 0.05) is 66.2 Å². The van der Waals surface area contributed by atoms with E-state index in [1.165, 1.54) is 26.2 Å². The van der Waals surface area contributed by atoms with E-state index in [1.54, 1.807) is 30.8 Å². The van der Waals surface area contributed by atoms with E-state index in [2.05, 4.69) is 33.1 Å². The second-order valence-corrected chi connectivity index (χ2v) is 22.1. The summed E-state index contributed by atoms with van der Waals surface area (Å²) in [5.41, 5.74) is 0.843. The Kier molecular flexibility index (Phi) is 39.1. The van der Waals surface area contributed by atoms with Gasteiger partial charge in [-0.25, -0.2) is 4.79 Å². The molecule has 88 heavy (non-hydrogen) atoms. The molecule has 0 aliphatic carbocycles. The fourth-order valence-electron chi connectivity index (χ4n) is 10.1. The maximum atomic E-state index is 14.7. The van der Waals surface area contributed by atoms with E-state index in [4.69, 9.17) is 47.7 Å². The number of nitrogens with one attached hydrogen (secondary N) is 4. The molecule has 0 aromatic heterocycles. The molecule has 0 bridgehead atoms. The van der Waals surface area contributed by atoms with Gasteiger partial charge in [-0.2, -0.15) is 0 Å². The molecule has 0 saturated carbocycles. The van der Waals surface area contributed by atoms with Crippen molar-refractivity contribution >= 4 is 53.3 Å². The van der Waals surface area contributed by atoms with Crippen LogP contribution in [0.4, 0.5) is 0 Å². The molecular weight excluding hydrogens is 1150 g/mol. The first-order chi connectivity index (χ1) is 42.0. The van der Waals surface area contributed by atoms with E-state index >= 15 is 0 Å². The highest BCUT2D eigenvalue weighted by atomic mass is 16.6. The first-order valence-electron chi connectivity index (χ1n) is 30.4. The number of carbonyl (C=O) groups is 9. The molecule has 1 aliphatic rings. The van der Waals surface area contributed by atoms with Crippen molar-refractivity contribution in [3.05, 3.63) is 35.9 Å². The van der Waals surface area contributed by atoms with Gasteiger partial charge in [-0.1, -0.05) is 85.2 Å². The minimum atomic E-state index is -0.996. The molecule has 0 spiro atoms. The molecule has 1 fully saturated rings. The Balaban J connectivity index is 1.85. The summed E-state index contributed by atoms with van der Waals surface area (Å²) in [6.07, 6.45) is 0.466. The van der Waals surface area contributed by atoms with Gasteiger partial charge in [-0.15, -0.1) is 0 Å². The number of hydrogen-bond acceptors (Lipinski definition) is 18. The zero-order valence-electron chi connectivity index (χ0n) is 53.9. The third-order valence-corrected chi connectivity index (χ3v) is 15.0. The van der Waals surface area contributed by atoms with Crippen LogP contribution in [-0.4, -0.2) is 250 Å². The number of methoxy groups -OCH3 is 3. The molecule has 0 radical (unpaired) electrons. The van der Waals surface area contributed by atoms with Gasteiger partial charge < -0.3 is 83.7 Å². The second-order valence-electron chi connectivity index (χ2n) is 22.1. The number of likely N-dealkylation sites (N-methyl/N-ethyl adjacent to an activating group) is 2. The van der Waals surface area contributed by atoms with Crippen molar-refractivity contribution in [2.24, 2.45) is 23.7 Å². The Bertz CT molecular complexity index is 2340. The summed E-state index contributed by atoms with van der Waals surface area (Å²) in [6, 6.07) is 5.36. The predicted molar refractivity (Wildman–Crippen MR) is 324 cm³/mol. The number of hydrogen-bond donors (Lipinski definition) is 5. The molecule has 498 valence electrons. The summed E-state index contributed by atoms with van der Waals surface area (Å²) in [5.74, 6) is -1.89. The summed E-state index contributed by atoms with van der Waals surface area (Å²) in [7, 11) is 7.47. The number of esters is 1. The van der Waals surface area contributed by atoms with Crippen LogP contribution < -0.4 is 21.3 Å². The average molecular weight is 1250 g/mol. The minimum Gasteiger partial charge on any atom is -0.481 e. The highest BCUT2D eigenvalue weighted by Crippen LogP contribution is 2.30. The van der Waals surface area contributed by atoms with E-state index in [0.717, 1.165) is 5.56 Å². The van der Waals surface area contributed by atoms with Gasteiger partial charge in [0.2, 0.25) is 29.5 Å². The van der Waals surface area contributed by atoms with Gasteiger partial charge in [-0.05, 0) is 36.2 Å². The third kappa shape index (κ3) is 28.9. The van der Waals surface area contributed by atoms with Crippen LogP contribution in [0.2, 0.25) is 0 Å². The van der Waals surface area contributed by atoms with E-state index in [1.807, 2.05) is 71.9 Å². The first kappa shape index (κ1) is 77.8. The molecular formula is C62H101N7O19. The summed E-state index contributed by atoms with van der Waals surface area (Å²) < 4.78 is 49.4. The minimum absolute atomic E-state index is 0.0179. The summed E-state index contributed by atoms with van der Waals surface area (Å²) in [4.78, 5) is 122. The Morgan fingerprint density at radius 2 is 1.18 bits per heavy atom. The van der Waals surface area contributed by atoms with Gasteiger partial charge in [0.05, 0.1) is 136 Å². The van der Waals surface area contributed by atoms with Gasteiger partial charge in [-0.3, -0.25) is 38.4 Å². The van der Waals surface area contributed by atoms with Gasteiger partial charge in [0.25, 0.3) is 11.8 Å². The maximum Gasteiger partial charge on any atom is 0.328 e. The highest BCUT2D eigenvalue weighted by molar-refractivity contribution is 6.02. The van der Waals surface area contributed by atoms with Crippen LogP contribution in [0.25, 0.3) is 0 Å². The number of benzene rings is 1. The van der Waals surface area contributed by atoms with E-state index in [0.29, 0.717) is 39.0 Å². The van der Waals surface area contributed by atoms with Crippen LogP contribution >= 0.6 is 0 Å². The summed E-state index contributed by atoms with van der Waals surface area (Å²) >= 11 is 0. The van der Waals surface area contributed by atoms with Crippen molar-refractivity contribution in [2.45, 2.75) is 136 Å². The van der Waals surface area contributed by atoms with Crippen LogP contribution in [0.5, 0.6) is 0 Å². The fraction of sp³-hybridized carbons (Fsp3) is 0.726. The fourth-order valence-corrected chi connectivity index (χ4v) is 10.1. The topological polar surface area (TPSA) is 315 Å². The van der Waals surface area contributed by atoms with Crippen LogP contribution in [0.1, 0.15) is 92.6 Å². The molecule has 1 aromatic rings. The largest absolute Gasteiger partial charge is 0.481 e. The van der Waals surface area contributed by atoms with Crippen molar-refractivity contribution in [1.82, 2.24) is 36.0 Å². The molecule has 0 unspecified atom stereocenters. The molecule has 26 heteroatoms. The van der Waals surface area contributed by atoms with Crippen molar-refractivity contribution < 1.29 is 90.9 Å². The number of carboxylic acids is 1. The monoisotopic (exact) mass is 1250 g/mol. The second kappa shape index (κ2) is 44.2. The SMILES string of the molecule is CC[C@H](C)[C@@H]([C@@H](CC(=O)N1CCC[C@H]1[C@H](OC)[C@@H](C)C(=O)N[C@@H](Cc1ccccc1)C(=O)OC)OC)N(C)C(=O)[C@@H](NC(=O)[C@H](C(C)C)N(C)C(=O)CCOCCOCCOCCNC(=O)C#CC(=O)NCCOCCOCCOCCC(=O)O)C(C)C. The lowest BCUT2D eigenvalue weighted by Gasteiger charge is -2.41. The molecule has 1 heterocycles. The number of ether oxygens (including phenoxy) is 9. The first-order valence-corrected chi connectivity index (χ1v) is 30.4. The number of carboxylic acid groups (broad SMARTS) is 1. The number of amides is 7. The Morgan fingerprint density at radius 1 is 0.659 bits per heavy atom. The summed E-state index contributed by atoms with van der Waals surface area (Å²) in [5, 5.41) is 19.4. The molecule has 1 aliphatic heterocycles. The predicted octanol–water partition coefficient (Wildman–Crippen LogP) is 1.63. The number of aliphatic carboxylic acids is 1. The van der Waals surface area contributed by atoms with Crippen molar-refractivity contribution in [3.8, 4) is 11.8 Å². The normalized spacial score (nSPS) is 15.8. The number of carbonyl (C=O) groups excluding carboxylic acids is 8. The van der Waals surface area contributed by atoms with E-state index in [-0.39, 0.29) is 140 Å². The van der Waals surface area contributed by atoms with Crippen molar-refractivity contribution in [3.63, 3.8) is 0 Å². The van der Waals surface area contributed by atoms with Crippen LogP contribution in [0.3, 0.4) is 0 Å². The molecule has 1 aromatic carbocycles. The van der Waals surface area contributed by atoms with Crippen LogP contribution in [0, 0.1) is 35.5 Å². The van der Waals surface area contributed by atoms with Crippen LogP contribution in [0.15, 0.2) is 30.3 Å². The number of nitrogens with zero attached hydrogens (tertiary/aromatic N) is 3. The molecule has 5 N–H and O–H groups in total. The molecule has 9 atom stereocenters. The zero-order valence-corrected chi connectivity index (χ0v) is 53.9. The van der Waals surface area contributed by atoms with Crippen molar-refractivity contribution in [2.75, 3.05) is 134 Å². The van der Waals surface area contributed by atoms with Gasteiger partial charge >= 0.3 is 11.9 Å². The lowest BCUT2D eigenvalue weighted by atomic mass is 9.89. The quantitative estimate of drug-likeness (QED) is 0.0352. The molecule has 26 nitrogen and oxygen atoms in total. The van der Waals surface area contributed by atoms with Gasteiger partial charge in [0.1, 0.15) is 18.1 Å². The Labute approximate surface area is 520 Å². The van der Waals surface area contributed by atoms with E-state index < -0.39 is 83.9 Å². The average Bonchev–Trinajstić information content (AvgIpc) is 3.70. The van der Waals surface area contributed by atoms with E-state index in [9.17, 15) is 43.2 Å². The summed E-state index contributed by atoms with van der Waals surface area (Å²) in [6.45, 7) is 16.3. The smallest absolute Gasteiger partial charge is 0.328 e. The zero-order chi connectivity index (χ0) is 65.6. The van der Waals surface area contributed by atoms with Crippen LogP contribution in [-0.2, 0) is 92.2 Å². The lowest BCUT2D eigenvalue weighted by molar-refractivity contribution is -0.149.